The summed E-state index contributed by atoms with van der Waals surface area (Å²) < 4.78 is 4.89. The minimum Gasteiger partial charge on any atom is -0.370 e. The molecule has 0 radical (unpaired) electrons. The zero-order chi connectivity index (χ0) is 12.8. The number of nitrogen functional groups attached to an aromatic ring is 1. The molecule has 2 rings (SSSR count). The van der Waals surface area contributed by atoms with Gasteiger partial charge in [0.05, 0.1) is 0 Å². The maximum atomic E-state index is 5.61. The fourth-order valence-corrected chi connectivity index (χ4v) is 1.43. The number of nitrogens with two attached hydrogens (primary N) is 1. The second-order valence-electron chi connectivity index (χ2n) is 3.54. The summed E-state index contributed by atoms with van der Waals surface area (Å²) in [4.78, 5) is 12.1. The highest BCUT2D eigenvalue weighted by molar-refractivity contribution is 5.50. The van der Waals surface area contributed by atoms with Gasteiger partial charge in [0.25, 0.3) is 0 Å². The largest absolute Gasteiger partial charge is 0.370 e. The van der Waals surface area contributed by atoms with Crippen molar-refractivity contribution in [2.45, 2.75) is 13.3 Å². The van der Waals surface area contributed by atoms with Crippen molar-refractivity contribution in [3.8, 4) is 0 Å². The SMILES string of the molecule is CCNc1cc(NCCc2ncno2)nc(N)n1. The van der Waals surface area contributed by atoms with Gasteiger partial charge in [0.15, 0.2) is 6.33 Å². The fraction of sp³-hybridized carbons (Fsp3) is 0.400. The van der Waals surface area contributed by atoms with Gasteiger partial charge < -0.3 is 20.9 Å². The molecule has 0 bridgehead atoms. The second kappa shape index (κ2) is 5.80. The lowest BCUT2D eigenvalue weighted by atomic mass is 10.4. The zero-order valence-corrected chi connectivity index (χ0v) is 10.1. The number of nitrogens with zero attached hydrogens (tertiary/aromatic N) is 4. The van der Waals surface area contributed by atoms with Gasteiger partial charge in [-0.15, -0.1) is 0 Å². The lowest BCUT2D eigenvalue weighted by molar-refractivity contribution is 0.379. The molecule has 0 amide bonds. The highest BCUT2D eigenvalue weighted by Crippen LogP contribution is 2.12. The fourth-order valence-electron chi connectivity index (χ4n) is 1.43. The van der Waals surface area contributed by atoms with Crippen molar-refractivity contribution in [3.63, 3.8) is 0 Å². The monoisotopic (exact) mass is 249 g/mol. The van der Waals surface area contributed by atoms with E-state index in [1.165, 1.54) is 6.33 Å². The molecule has 2 heterocycles. The Balaban J connectivity index is 1.92. The van der Waals surface area contributed by atoms with Crippen LogP contribution in [-0.4, -0.2) is 33.2 Å². The summed E-state index contributed by atoms with van der Waals surface area (Å²) in [7, 11) is 0. The summed E-state index contributed by atoms with van der Waals surface area (Å²) in [6.07, 6.45) is 2.00. The molecule has 0 saturated carbocycles. The first-order valence-corrected chi connectivity index (χ1v) is 5.65. The first-order valence-electron chi connectivity index (χ1n) is 5.65. The molecule has 2 aromatic heterocycles. The van der Waals surface area contributed by atoms with Gasteiger partial charge in [-0.2, -0.15) is 15.0 Å². The highest BCUT2D eigenvalue weighted by atomic mass is 16.5. The van der Waals surface area contributed by atoms with Crippen molar-refractivity contribution in [3.05, 3.63) is 18.3 Å². The number of hydrogen-bond acceptors (Lipinski definition) is 8. The van der Waals surface area contributed by atoms with Crippen LogP contribution in [-0.2, 0) is 6.42 Å². The molecule has 0 aliphatic heterocycles. The van der Waals surface area contributed by atoms with E-state index in [0.717, 1.165) is 6.54 Å². The molecule has 0 spiro atoms. The Bertz CT molecular complexity index is 485. The van der Waals surface area contributed by atoms with E-state index in [4.69, 9.17) is 10.3 Å². The topological polar surface area (TPSA) is 115 Å². The van der Waals surface area contributed by atoms with E-state index in [1.54, 1.807) is 6.07 Å². The van der Waals surface area contributed by atoms with Crippen LogP contribution in [0.3, 0.4) is 0 Å². The Kier molecular flexibility index (Phi) is 3.90. The number of anilines is 3. The van der Waals surface area contributed by atoms with Crippen molar-refractivity contribution in [2.24, 2.45) is 0 Å². The van der Waals surface area contributed by atoms with E-state index in [9.17, 15) is 0 Å². The predicted octanol–water partition coefficient (Wildman–Crippen LogP) is 0.528. The molecule has 0 aliphatic rings. The molecule has 0 aromatic carbocycles. The third-order valence-electron chi connectivity index (χ3n) is 2.15. The smallest absolute Gasteiger partial charge is 0.228 e. The zero-order valence-electron chi connectivity index (χ0n) is 10.1. The molecule has 0 saturated heterocycles. The average Bonchev–Trinajstić information content (AvgIpc) is 2.82. The van der Waals surface area contributed by atoms with Gasteiger partial charge in [-0.05, 0) is 6.92 Å². The Morgan fingerprint density at radius 3 is 2.72 bits per heavy atom. The third kappa shape index (κ3) is 3.30. The van der Waals surface area contributed by atoms with Crippen LogP contribution in [0.15, 0.2) is 16.9 Å². The van der Waals surface area contributed by atoms with Crippen LogP contribution in [0.2, 0.25) is 0 Å². The Morgan fingerprint density at radius 2 is 2.06 bits per heavy atom. The predicted molar refractivity (Wildman–Crippen MR) is 67.1 cm³/mol. The van der Waals surface area contributed by atoms with Gasteiger partial charge in [-0.1, -0.05) is 5.16 Å². The van der Waals surface area contributed by atoms with Crippen molar-refractivity contribution < 1.29 is 4.52 Å². The van der Waals surface area contributed by atoms with Crippen molar-refractivity contribution in [2.75, 3.05) is 29.5 Å². The summed E-state index contributed by atoms with van der Waals surface area (Å²) in [5.74, 6) is 2.17. The summed E-state index contributed by atoms with van der Waals surface area (Å²) in [6.45, 7) is 3.39. The van der Waals surface area contributed by atoms with E-state index in [2.05, 4.69) is 30.7 Å². The lowest BCUT2D eigenvalue weighted by Crippen LogP contribution is -2.10. The number of hydrogen-bond donors (Lipinski definition) is 3. The highest BCUT2D eigenvalue weighted by Gasteiger charge is 2.03. The summed E-state index contributed by atoms with van der Waals surface area (Å²) in [5, 5.41) is 9.74. The van der Waals surface area contributed by atoms with E-state index in [-0.39, 0.29) is 5.95 Å². The molecule has 8 heteroatoms. The molecule has 2 aromatic rings. The minimum absolute atomic E-state index is 0.230. The molecule has 4 N–H and O–H groups in total. The molecule has 18 heavy (non-hydrogen) atoms. The van der Waals surface area contributed by atoms with Gasteiger partial charge in [0.2, 0.25) is 11.8 Å². The van der Waals surface area contributed by atoms with Crippen molar-refractivity contribution in [1.82, 2.24) is 20.1 Å². The van der Waals surface area contributed by atoms with E-state index in [0.29, 0.717) is 30.5 Å². The van der Waals surface area contributed by atoms with Crippen LogP contribution in [0, 0.1) is 0 Å². The average molecular weight is 249 g/mol. The maximum Gasteiger partial charge on any atom is 0.228 e. The number of aromatic nitrogens is 4. The van der Waals surface area contributed by atoms with Gasteiger partial charge in [-0.25, -0.2) is 0 Å². The van der Waals surface area contributed by atoms with Crippen LogP contribution >= 0.6 is 0 Å². The van der Waals surface area contributed by atoms with E-state index >= 15 is 0 Å². The molecule has 0 unspecified atom stereocenters. The van der Waals surface area contributed by atoms with Crippen LogP contribution in [0.1, 0.15) is 12.8 Å². The van der Waals surface area contributed by atoms with Crippen molar-refractivity contribution in [1.29, 1.82) is 0 Å². The summed E-state index contributed by atoms with van der Waals surface area (Å²) in [5.41, 5.74) is 5.61. The van der Waals surface area contributed by atoms with E-state index < -0.39 is 0 Å². The Labute approximate surface area is 104 Å². The normalized spacial score (nSPS) is 10.3. The lowest BCUT2D eigenvalue weighted by Gasteiger charge is -2.07. The van der Waals surface area contributed by atoms with Gasteiger partial charge in [0.1, 0.15) is 11.6 Å². The molecule has 0 aliphatic carbocycles. The van der Waals surface area contributed by atoms with Gasteiger partial charge in [-0.3, -0.25) is 0 Å². The number of nitrogens with one attached hydrogen (secondary N) is 2. The van der Waals surface area contributed by atoms with Crippen molar-refractivity contribution >= 4 is 17.6 Å². The molecule has 96 valence electrons. The molecule has 0 fully saturated rings. The second-order valence-corrected chi connectivity index (χ2v) is 3.54. The third-order valence-corrected chi connectivity index (χ3v) is 2.15. The Hall–Kier alpha value is -2.38. The summed E-state index contributed by atoms with van der Waals surface area (Å²) >= 11 is 0. The van der Waals surface area contributed by atoms with Crippen LogP contribution in [0.5, 0.6) is 0 Å². The van der Waals surface area contributed by atoms with Crippen LogP contribution in [0.4, 0.5) is 17.6 Å². The standard InChI is InChI=1S/C10H15N7O/c1-2-12-7-5-8(17-10(11)16-7)13-4-3-9-14-6-15-18-9/h5-6H,2-4H2,1H3,(H4,11,12,13,16,17). The van der Waals surface area contributed by atoms with E-state index in [1.807, 2.05) is 6.92 Å². The van der Waals surface area contributed by atoms with Crippen LogP contribution in [0.25, 0.3) is 0 Å². The molecular weight excluding hydrogens is 234 g/mol. The van der Waals surface area contributed by atoms with Gasteiger partial charge in [0, 0.05) is 25.6 Å². The molecule has 8 nitrogen and oxygen atoms in total. The first-order chi connectivity index (χ1) is 8.78. The Morgan fingerprint density at radius 1 is 1.28 bits per heavy atom. The summed E-state index contributed by atoms with van der Waals surface area (Å²) in [6, 6.07) is 1.80. The molecular formula is C10H15N7O. The number of rotatable bonds is 6. The van der Waals surface area contributed by atoms with Gasteiger partial charge >= 0.3 is 0 Å². The first kappa shape index (κ1) is 12.1. The van der Waals surface area contributed by atoms with Crippen LogP contribution < -0.4 is 16.4 Å². The quantitative estimate of drug-likeness (QED) is 0.679. The maximum absolute atomic E-state index is 5.61. The minimum atomic E-state index is 0.230. The molecule has 0 atom stereocenters.